The van der Waals surface area contributed by atoms with Crippen LogP contribution < -0.4 is 24.4 Å². The van der Waals surface area contributed by atoms with E-state index >= 15 is 0 Å². The van der Waals surface area contributed by atoms with Crippen molar-refractivity contribution in [3.63, 3.8) is 0 Å². The highest BCUT2D eigenvalue weighted by atomic mass is 16.5. The van der Waals surface area contributed by atoms with Crippen molar-refractivity contribution in [2.24, 2.45) is 0 Å². The number of aryl methyl sites for hydroxylation is 1. The number of hydrogen-bond acceptors (Lipinski definition) is 12. The lowest BCUT2D eigenvalue weighted by Gasteiger charge is -2.38. The molecule has 0 spiro atoms. The van der Waals surface area contributed by atoms with Gasteiger partial charge in [0.1, 0.15) is 23.1 Å². The first kappa shape index (κ1) is 35.8. The summed E-state index contributed by atoms with van der Waals surface area (Å²) >= 11 is 0. The van der Waals surface area contributed by atoms with Crippen LogP contribution in [0.1, 0.15) is 29.4 Å². The monoisotopic (exact) mass is 705 g/mol. The van der Waals surface area contributed by atoms with Gasteiger partial charge in [-0.1, -0.05) is 24.3 Å². The summed E-state index contributed by atoms with van der Waals surface area (Å²) in [6, 6.07) is 21.6. The van der Waals surface area contributed by atoms with Crippen LogP contribution in [-0.4, -0.2) is 92.9 Å². The average Bonchev–Trinajstić information content (AvgIpc) is 3.16. The lowest BCUT2D eigenvalue weighted by atomic mass is 10.1. The van der Waals surface area contributed by atoms with E-state index in [0.717, 1.165) is 28.2 Å². The zero-order valence-electron chi connectivity index (χ0n) is 30.0. The molecule has 1 amide bonds. The highest BCUT2D eigenvalue weighted by molar-refractivity contribution is 5.75. The number of hydrogen-bond donors (Lipinski definition) is 2. The molecule has 14 nitrogen and oxygen atoms in total. The van der Waals surface area contributed by atoms with E-state index in [4.69, 9.17) is 34.1 Å². The first-order chi connectivity index (χ1) is 25.2. The molecule has 1 aliphatic rings. The van der Waals surface area contributed by atoms with Crippen molar-refractivity contribution in [2.45, 2.75) is 39.5 Å². The highest BCUT2D eigenvalue weighted by Crippen LogP contribution is 2.30. The number of carbonyl (C=O) groups is 1. The molecule has 0 saturated carbocycles. The summed E-state index contributed by atoms with van der Waals surface area (Å²) in [6.07, 6.45) is 2.61. The molecule has 1 saturated heterocycles. The number of methoxy groups -OCH3 is 3. The van der Waals surface area contributed by atoms with Gasteiger partial charge in [-0.3, -0.25) is 4.90 Å². The Labute approximate surface area is 303 Å². The van der Waals surface area contributed by atoms with E-state index in [1.165, 1.54) is 4.90 Å². The maximum absolute atomic E-state index is 11.6. The van der Waals surface area contributed by atoms with Crippen LogP contribution in [0.5, 0.6) is 17.4 Å². The van der Waals surface area contributed by atoms with Crippen molar-refractivity contribution in [1.29, 1.82) is 0 Å². The summed E-state index contributed by atoms with van der Waals surface area (Å²) in [6.45, 7) is 7.03. The van der Waals surface area contributed by atoms with E-state index in [1.807, 2.05) is 80.7 Å². The maximum atomic E-state index is 11.6. The number of rotatable bonds is 13. The van der Waals surface area contributed by atoms with Gasteiger partial charge in [-0.2, -0.15) is 9.97 Å². The molecule has 3 aromatic heterocycles. The smallest absolute Gasteiger partial charge is 0.407 e. The lowest BCUT2D eigenvalue weighted by molar-refractivity contribution is 0.0712. The molecule has 6 rings (SSSR count). The van der Waals surface area contributed by atoms with Gasteiger partial charge in [0.15, 0.2) is 5.82 Å². The molecule has 1 unspecified atom stereocenters. The number of anilines is 3. The Kier molecular flexibility index (Phi) is 11.2. The number of ether oxygens (including phenoxy) is 3. The Bertz CT molecular complexity index is 1910. The quantitative estimate of drug-likeness (QED) is 0.152. The van der Waals surface area contributed by atoms with Crippen molar-refractivity contribution < 1.29 is 24.1 Å². The van der Waals surface area contributed by atoms with Crippen molar-refractivity contribution in [3.05, 3.63) is 102 Å². The minimum Gasteiger partial charge on any atom is -0.497 e. The van der Waals surface area contributed by atoms with Crippen LogP contribution in [-0.2, 0) is 19.6 Å². The molecule has 1 atom stereocenters. The van der Waals surface area contributed by atoms with E-state index in [2.05, 4.69) is 20.1 Å². The van der Waals surface area contributed by atoms with Crippen molar-refractivity contribution in [1.82, 2.24) is 34.7 Å². The van der Waals surface area contributed by atoms with Crippen molar-refractivity contribution in [2.75, 3.05) is 51.2 Å². The van der Waals surface area contributed by atoms with Gasteiger partial charge in [0.2, 0.25) is 11.8 Å². The van der Waals surface area contributed by atoms with Crippen LogP contribution in [0.2, 0.25) is 0 Å². The van der Waals surface area contributed by atoms with E-state index in [9.17, 15) is 9.90 Å². The normalized spacial score (nSPS) is 14.5. The summed E-state index contributed by atoms with van der Waals surface area (Å²) in [5.74, 6) is 4.12. The van der Waals surface area contributed by atoms with Gasteiger partial charge in [0.05, 0.1) is 38.8 Å². The standard InChI is InChI=1S/C38H43N9O5/c1-25-21-46(38(48)49)17-16-45(25)24-29-18-33(35(40-19-29)43-30-10-15-34(52-5)39-20-30)36-41-26(2)42-37(44-36)47(22-27-6-11-31(50-3)12-7-27)23-28-8-13-32(51-4)14-9-28/h6-15,18-20,25H,16-17,21-24H2,1-5H3,(H,40,43)(H,48,49). The van der Waals surface area contributed by atoms with Gasteiger partial charge in [-0.15, -0.1) is 0 Å². The first-order valence-electron chi connectivity index (χ1n) is 16.9. The van der Waals surface area contributed by atoms with Crippen LogP contribution >= 0.6 is 0 Å². The van der Waals surface area contributed by atoms with Crippen LogP contribution in [0.25, 0.3) is 11.4 Å². The number of amides is 1. The molecule has 0 radical (unpaired) electrons. The second-order valence-corrected chi connectivity index (χ2v) is 12.6. The molecule has 4 heterocycles. The zero-order chi connectivity index (χ0) is 36.6. The first-order valence-corrected chi connectivity index (χ1v) is 16.9. The summed E-state index contributed by atoms with van der Waals surface area (Å²) in [5, 5.41) is 12.9. The fraction of sp³-hybridized carbons (Fsp3) is 0.316. The maximum Gasteiger partial charge on any atom is 0.407 e. The van der Waals surface area contributed by atoms with Crippen LogP contribution in [0.3, 0.4) is 0 Å². The van der Waals surface area contributed by atoms with Gasteiger partial charge in [-0.05, 0) is 66.9 Å². The van der Waals surface area contributed by atoms with Crippen LogP contribution in [0.4, 0.5) is 22.2 Å². The molecule has 1 aliphatic heterocycles. The second kappa shape index (κ2) is 16.3. The van der Waals surface area contributed by atoms with Gasteiger partial charge < -0.3 is 34.4 Å². The van der Waals surface area contributed by atoms with Crippen molar-refractivity contribution in [3.8, 4) is 28.8 Å². The molecular weight excluding hydrogens is 662 g/mol. The fourth-order valence-corrected chi connectivity index (χ4v) is 6.04. The fourth-order valence-electron chi connectivity index (χ4n) is 6.04. The van der Waals surface area contributed by atoms with Gasteiger partial charge in [0, 0.05) is 57.6 Å². The third-order valence-corrected chi connectivity index (χ3v) is 8.90. The molecule has 0 bridgehead atoms. The molecular formula is C38H43N9O5. The van der Waals surface area contributed by atoms with Crippen LogP contribution in [0.15, 0.2) is 79.1 Å². The molecule has 14 heteroatoms. The Hall–Kier alpha value is -6.02. The molecule has 0 aliphatic carbocycles. The largest absolute Gasteiger partial charge is 0.497 e. The lowest BCUT2D eigenvalue weighted by Crippen LogP contribution is -2.52. The van der Waals surface area contributed by atoms with Crippen molar-refractivity contribution >= 4 is 23.5 Å². The number of benzene rings is 2. The number of piperazine rings is 1. The molecule has 1 fully saturated rings. The summed E-state index contributed by atoms with van der Waals surface area (Å²) in [4.78, 5) is 41.4. The topological polar surface area (TPSA) is 151 Å². The molecule has 52 heavy (non-hydrogen) atoms. The predicted octanol–water partition coefficient (Wildman–Crippen LogP) is 5.80. The Morgan fingerprint density at radius 1 is 0.846 bits per heavy atom. The minimum atomic E-state index is -0.895. The number of nitrogens with zero attached hydrogens (tertiary/aromatic N) is 8. The van der Waals surface area contributed by atoms with E-state index in [-0.39, 0.29) is 6.04 Å². The summed E-state index contributed by atoms with van der Waals surface area (Å²) in [7, 11) is 4.87. The Morgan fingerprint density at radius 2 is 1.52 bits per heavy atom. The molecule has 2 N–H and O–H groups in total. The third kappa shape index (κ3) is 8.82. The number of carboxylic acid groups (broad SMARTS) is 1. The van der Waals surface area contributed by atoms with Gasteiger partial charge in [0.25, 0.3) is 0 Å². The third-order valence-electron chi connectivity index (χ3n) is 8.90. The molecule has 270 valence electrons. The van der Waals surface area contributed by atoms with Gasteiger partial charge in [-0.25, -0.2) is 19.7 Å². The minimum absolute atomic E-state index is 0.0342. The average molecular weight is 706 g/mol. The summed E-state index contributed by atoms with van der Waals surface area (Å²) < 4.78 is 16.0. The Morgan fingerprint density at radius 3 is 2.08 bits per heavy atom. The predicted molar refractivity (Wildman–Crippen MR) is 197 cm³/mol. The van der Waals surface area contributed by atoms with Gasteiger partial charge >= 0.3 is 6.09 Å². The van der Waals surface area contributed by atoms with Crippen LogP contribution in [0, 0.1) is 6.92 Å². The zero-order valence-corrected chi connectivity index (χ0v) is 30.0. The number of aromatic nitrogens is 5. The molecule has 2 aromatic carbocycles. The molecule has 5 aromatic rings. The van der Waals surface area contributed by atoms with E-state index in [1.54, 1.807) is 33.6 Å². The highest BCUT2D eigenvalue weighted by Gasteiger charge is 2.27. The van der Waals surface area contributed by atoms with E-state index < -0.39 is 6.09 Å². The summed E-state index contributed by atoms with van der Waals surface area (Å²) in [5.41, 5.74) is 4.46. The Balaban J connectivity index is 1.38. The second-order valence-electron chi connectivity index (χ2n) is 12.6. The van der Waals surface area contributed by atoms with E-state index in [0.29, 0.717) is 79.8 Å². The number of nitrogens with one attached hydrogen (secondary N) is 1. The number of pyridine rings is 2. The SMILES string of the molecule is COc1ccc(CN(Cc2ccc(OC)cc2)c2nc(C)nc(-c3cc(CN4CCN(C(=O)O)CC4C)cnc3Nc3ccc(OC)nc3)n2)cc1.